The molecular formula is C24H21ClN2O2. The summed E-state index contributed by atoms with van der Waals surface area (Å²) in [6, 6.07) is 20.4. The molecule has 146 valence electrons. The summed E-state index contributed by atoms with van der Waals surface area (Å²) in [5.41, 5.74) is 2.58. The standard InChI is InChI=1S/C24H21ClN2O2/c1-2-3-6-17-9-11-19(12-10-17)27-24(28)18(16-26)15-20-13-14-23(29-20)21-7-4-5-8-22(21)25/h4-5,7-15H,2-3,6H2,1H3,(H,27,28)/b18-15+. The van der Waals surface area contributed by atoms with Crippen molar-refractivity contribution >= 4 is 29.3 Å². The van der Waals surface area contributed by atoms with Crippen LogP contribution in [0.25, 0.3) is 17.4 Å². The fraction of sp³-hybridized carbons (Fsp3) is 0.167. The number of nitrogens with one attached hydrogen (secondary N) is 1. The molecular weight excluding hydrogens is 384 g/mol. The number of hydrogen-bond donors (Lipinski definition) is 1. The van der Waals surface area contributed by atoms with E-state index in [0.717, 1.165) is 24.8 Å². The van der Waals surface area contributed by atoms with Crippen LogP contribution in [0, 0.1) is 11.3 Å². The molecule has 0 fully saturated rings. The van der Waals surface area contributed by atoms with Crippen molar-refractivity contribution in [2.45, 2.75) is 26.2 Å². The topological polar surface area (TPSA) is 66.0 Å². The van der Waals surface area contributed by atoms with Gasteiger partial charge >= 0.3 is 0 Å². The number of nitriles is 1. The first kappa shape index (κ1) is 20.4. The van der Waals surface area contributed by atoms with Crippen molar-refractivity contribution in [1.29, 1.82) is 5.26 Å². The maximum atomic E-state index is 12.5. The molecule has 2 aromatic carbocycles. The van der Waals surface area contributed by atoms with Crippen LogP contribution in [0.1, 0.15) is 31.1 Å². The van der Waals surface area contributed by atoms with Crippen molar-refractivity contribution in [1.82, 2.24) is 0 Å². The van der Waals surface area contributed by atoms with Crippen molar-refractivity contribution in [2.24, 2.45) is 0 Å². The van der Waals surface area contributed by atoms with Crippen LogP contribution in [0.15, 0.2) is 70.7 Å². The molecule has 0 atom stereocenters. The van der Waals surface area contributed by atoms with Crippen LogP contribution in [-0.4, -0.2) is 5.91 Å². The van der Waals surface area contributed by atoms with Gasteiger partial charge in [0, 0.05) is 17.3 Å². The number of benzene rings is 2. The molecule has 0 aliphatic rings. The van der Waals surface area contributed by atoms with Crippen LogP contribution in [0.3, 0.4) is 0 Å². The van der Waals surface area contributed by atoms with E-state index in [2.05, 4.69) is 12.2 Å². The number of amides is 1. The molecule has 1 amide bonds. The van der Waals surface area contributed by atoms with Gasteiger partial charge in [-0.1, -0.05) is 49.2 Å². The zero-order valence-corrected chi connectivity index (χ0v) is 16.9. The molecule has 3 aromatic rings. The van der Waals surface area contributed by atoms with Gasteiger partial charge in [-0.05, 0) is 54.8 Å². The molecule has 1 N–H and O–H groups in total. The Balaban J connectivity index is 1.72. The Kier molecular flexibility index (Phi) is 6.89. The highest BCUT2D eigenvalue weighted by atomic mass is 35.5. The quantitative estimate of drug-likeness (QED) is 0.361. The third-order valence-electron chi connectivity index (χ3n) is 4.45. The molecule has 0 saturated heterocycles. The Bertz CT molecular complexity index is 1060. The Hall–Kier alpha value is -3.29. The summed E-state index contributed by atoms with van der Waals surface area (Å²) < 4.78 is 5.74. The molecule has 0 bridgehead atoms. The van der Waals surface area contributed by atoms with Crippen LogP contribution >= 0.6 is 11.6 Å². The predicted octanol–water partition coefficient (Wildman–Crippen LogP) is 6.49. The molecule has 0 radical (unpaired) electrons. The van der Waals surface area contributed by atoms with Crippen LogP contribution in [0.5, 0.6) is 0 Å². The molecule has 3 rings (SSSR count). The third-order valence-corrected chi connectivity index (χ3v) is 4.78. The average molecular weight is 405 g/mol. The summed E-state index contributed by atoms with van der Waals surface area (Å²) in [5, 5.41) is 12.7. The van der Waals surface area contributed by atoms with E-state index in [-0.39, 0.29) is 5.57 Å². The Morgan fingerprint density at radius 1 is 1.14 bits per heavy atom. The van der Waals surface area contributed by atoms with E-state index in [4.69, 9.17) is 16.0 Å². The lowest BCUT2D eigenvalue weighted by molar-refractivity contribution is -0.112. The molecule has 0 unspecified atom stereocenters. The van der Waals surface area contributed by atoms with Gasteiger partial charge in [0.2, 0.25) is 0 Å². The summed E-state index contributed by atoms with van der Waals surface area (Å²) in [7, 11) is 0. The number of furan rings is 1. The number of carbonyl (C=O) groups excluding carboxylic acids is 1. The lowest BCUT2D eigenvalue weighted by Crippen LogP contribution is -2.13. The number of aryl methyl sites for hydroxylation is 1. The van der Waals surface area contributed by atoms with Crippen molar-refractivity contribution in [3.05, 3.63) is 82.6 Å². The summed E-state index contributed by atoms with van der Waals surface area (Å²) in [4.78, 5) is 12.5. The smallest absolute Gasteiger partial charge is 0.266 e. The van der Waals surface area contributed by atoms with Gasteiger partial charge in [0.25, 0.3) is 5.91 Å². The molecule has 5 heteroatoms. The van der Waals surface area contributed by atoms with Gasteiger partial charge in [0.15, 0.2) is 0 Å². The second-order valence-electron chi connectivity index (χ2n) is 6.61. The lowest BCUT2D eigenvalue weighted by atomic mass is 10.1. The zero-order chi connectivity index (χ0) is 20.6. The molecule has 29 heavy (non-hydrogen) atoms. The van der Waals surface area contributed by atoms with E-state index in [1.165, 1.54) is 11.6 Å². The van der Waals surface area contributed by atoms with Gasteiger partial charge in [0.1, 0.15) is 23.2 Å². The molecule has 4 nitrogen and oxygen atoms in total. The van der Waals surface area contributed by atoms with Crippen LogP contribution in [0.2, 0.25) is 5.02 Å². The van der Waals surface area contributed by atoms with Gasteiger partial charge in [0.05, 0.1) is 5.02 Å². The van der Waals surface area contributed by atoms with E-state index >= 15 is 0 Å². The Labute approximate surface area is 175 Å². The van der Waals surface area contributed by atoms with E-state index in [9.17, 15) is 10.1 Å². The maximum absolute atomic E-state index is 12.5. The highest BCUT2D eigenvalue weighted by Crippen LogP contribution is 2.29. The summed E-state index contributed by atoms with van der Waals surface area (Å²) in [6.07, 6.45) is 4.71. The summed E-state index contributed by atoms with van der Waals surface area (Å²) in [6.45, 7) is 2.15. The minimum atomic E-state index is -0.482. The first-order valence-electron chi connectivity index (χ1n) is 9.47. The lowest BCUT2D eigenvalue weighted by Gasteiger charge is -2.06. The summed E-state index contributed by atoms with van der Waals surface area (Å²) in [5.74, 6) is 0.494. The largest absolute Gasteiger partial charge is 0.457 e. The fourth-order valence-electron chi connectivity index (χ4n) is 2.86. The number of hydrogen-bond acceptors (Lipinski definition) is 3. The second kappa shape index (κ2) is 9.77. The Morgan fingerprint density at radius 2 is 1.90 bits per heavy atom. The third kappa shape index (κ3) is 5.37. The van der Waals surface area contributed by atoms with Gasteiger partial charge in [-0.3, -0.25) is 4.79 Å². The normalized spacial score (nSPS) is 11.1. The van der Waals surface area contributed by atoms with E-state index in [1.54, 1.807) is 18.2 Å². The molecule has 0 spiro atoms. The van der Waals surface area contributed by atoms with Crippen LogP contribution < -0.4 is 5.32 Å². The minimum Gasteiger partial charge on any atom is -0.457 e. The summed E-state index contributed by atoms with van der Waals surface area (Å²) >= 11 is 6.19. The number of anilines is 1. The van der Waals surface area contributed by atoms with Gasteiger partial charge in [-0.2, -0.15) is 5.26 Å². The van der Waals surface area contributed by atoms with Crippen LogP contribution in [0.4, 0.5) is 5.69 Å². The maximum Gasteiger partial charge on any atom is 0.266 e. The predicted molar refractivity (Wildman–Crippen MR) is 116 cm³/mol. The highest BCUT2D eigenvalue weighted by molar-refractivity contribution is 6.33. The van der Waals surface area contributed by atoms with Crippen molar-refractivity contribution in [3.63, 3.8) is 0 Å². The number of nitrogens with zero attached hydrogens (tertiary/aromatic N) is 1. The zero-order valence-electron chi connectivity index (χ0n) is 16.1. The number of halogens is 1. The molecule has 1 heterocycles. The molecule has 0 aliphatic heterocycles. The molecule has 1 aromatic heterocycles. The van der Waals surface area contributed by atoms with Gasteiger partial charge in [-0.15, -0.1) is 0 Å². The number of unbranched alkanes of at least 4 members (excludes halogenated alkanes) is 1. The number of carbonyl (C=O) groups is 1. The monoisotopic (exact) mass is 404 g/mol. The van der Waals surface area contributed by atoms with Crippen molar-refractivity contribution in [2.75, 3.05) is 5.32 Å². The molecule has 0 aliphatic carbocycles. The van der Waals surface area contributed by atoms with E-state index in [0.29, 0.717) is 22.2 Å². The second-order valence-corrected chi connectivity index (χ2v) is 7.01. The van der Waals surface area contributed by atoms with Crippen molar-refractivity contribution < 1.29 is 9.21 Å². The first-order valence-corrected chi connectivity index (χ1v) is 9.85. The van der Waals surface area contributed by atoms with Crippen LogP contribution in [-0.2, 0) is 11.2 Å². The minimum absolute atomic E-state index is 0.0416. The fourth-order valence-corrected chi connectivity index (χ4v) is 3.09. The van der Waals surface area contributed by atoms with E-state index in [1.807, 2.05) is 48.5 Å². The highest BCUT2D eigenvalue weighted by Gasteiger charge is 2.12. The average Bonchev–Trinajstić information content (AvgIpc) is 3.20. The Morgan fingerprint density at radius 3 is 2.59 bits per heavy atom. The SMILES string of the molecule is CCCCc1ccc(NC(=O)/C(C#N)=C/c2ccc(-c3ccccc3Cl)o2)cc1. The van der Waals surface area contributed by atoms with Gasteiger partial charge in [-0.25, -0.2) is 0 Å². The molecule has 0 saturated carbocycles. The van der Waals surface area contributed by atoms with Crippen molar-refractivity contribution in [3.8, 4) is 17.4 Å². The number of rotatable bonds is 7. The van der Waals surface area contributed by atoms with Gasteiger partial charge < -0.3 is 9.73 Å². The first-order chi connectivity index (χ1) is 14.1. The van der Waals surface area contributed by atoms with E-state index < -0.39 is 5.91 Å².